The Morgan fingerprint density at radius 1 is 1.06 bits per heavy atom. The number of hydrogen-bond donors (Lipinski definition) is 1. The zero-order valence-corrected chi connectivity index (χ0v) is 21.9. The average molecular weight is 529 g/mol. The molecular formula is C26H28N2O6S2. The number of hydrogen-bond acceptors (Lipinski definition) is 7. The lowest BCUT2D eigenvalue weighted by Gasteiger charge is -2.34. The first-order valence-electron chi connectivity index (χ1n) is 11.6. The molecule has 1 aliphatic heterocycles. The van der Waals surface area contributed by atoms with E-state index in [1.807, 2.05) is 44.2 Å². The number of carbonyl (C=O) groups excluding carboxylic acids is 2. The van der Waals surface area contributed by atoms with Crippen molar-refractivity contribution < 1.29 is 27.5 Å². The van der Waals surface area contributed by atoms with Crippen molar-refractivity contribution in [1.29, 1.82) is 0 Å². The normalized spacial score (nSPS) is 18.5. The molecule has 2 atom stereocenters. The Labute approximate surface area is 214 Å². The molecule has 1 aliphatic rings. The van der Waals surface area contributed by atoms with E-state index in [-0.39, 0.29) is 42.4 Å². The Morgan fingerprint density at radius 2 is 1.69 bits per heavy atom. The molecule has 2 unspecified atom stereocenters. The van der Waals surface area contributed by atoms with Crippen LogP contribution in [0.3, 0.4) is 0 Å². The molecule has 0 bridgehead atoms. The first-order chi connectivity index (χ1) is 17.2. The Hall–Kier alpha value is -3.05. The first kappa shape index (κ1) is 26.0. The van der Waals surface area contributed by atoms with Crippen molar-refractivity contribution in [2.45, 2.75) is 37.9 Å². The smallest absolute Gasteiger partial charge is 0.350 e. The van der Waals surface area contributed by atoms with Gasteiger partial charge in [-0.15, -0.1) is 11.3 Å². The molecule has 1 aromatic heterocycles. The molecule has 2 heterocycles. The van der Waals surface area contributed by atoms with Crippen LogP contribution in [0.2, 0.25) is 0 Å². The molecule has 10 heteroatoms. The zero-order chi connectivity index (χ0) is 25.9. The molecule has 1 fully saturated rings. The van der Waals surface area contributed by atoms with E-state index < -0.39 is 21.9 Å². The first-order valence-corrected chi connectivity index (χ1v) is 13.9. The number of ether oxygens (including phenoxy) is 2. The van der Waals surface area contributed by atoms with Crippen molar-refractivity contribution in [1.82, 2.24) is 4.31 Å². The van der Waals surface area contributed by atoms with Crippen molar-refractivity contribution in [3.8, 4) is 10.4 Å². The molecule has 0 aliphatic carbocycles. The molecule has 0 saturated carbocycles. The summed E-state index contributed by atoms with van der Waals surface area (Å²) in [6.07, 6.45) is -0.401. The second-order valence-corrected chi connectivity index (χ2v) is 11.5. The van der Waals surface area contributed by atoms with Gasteiger partial charge in [-0.3, -0.25) is 4.79 Å². The number of carbonyl (C=O) groups is 2. The van der Waals surface area contributed by atoms with Crippen LogP contribution in [0.5, 0.6) is 0 Å². The van der Waals surface area contributed by atoms with Gasteiger partial charge in [-0.05, 0) is 56.7 Å². The van der Waals surface area contributed by atoms with Crippen LogP contribution in [-0.2, 0) is 19.5 Å². The molecule has 36 heavy (non-hydrogen) atoms. The number of rotatable bonds is 7. The maximum absolute atomic E-state index is 13.1. The number of benzene rings is 2. The third kappa shape index (κ3) is 5.67. The molecule has 4 rings (SSSR count). The van der Waals surface area contributed by atoms with Crippen molar-refractivity contribution in [2.75, 3.05) is 25.0 Å². The molecule has 1 N–H and O–H groups in total. The van der Waals surface area contributed by atoms with Crippen LogP contribution in [0.1, 0.15) is 40.8 Å². The minimum atomic E-state index is -3.72. The summed E-state index contributed by atoms with van der Waals surface area (Å²) >= 11 is 1.24. The molecule has 8 nitrogen and oxygen atoms in total. The molecule has 2 aromatic carbocycles. The predicted octanol–water partition coefficient (Wildman–Crippen LogP) is 4.64. The van der Waals surface area contributed by atoms with Gasteiger partial charge in [0.1, 0.15) is 4.88 Å². The number of nitrogens with zero attached hydrogens (tertiary/aromatic N) is 1. The number of amides is 1. The van der Waals surface area contributed by atoms with E-state index in [1.54, 1.807) is 13.0 Å². The highest BCUT2D eigenvalue weighted by molar-refractivity contribution is 7.89. The van der Waals surface area contributed by atoms with E-state index in [0.717, 1.165) is 10.4 Å². The summed E-state index contributed by atoms with van der Waals surface area (Å²) in [5.74, 6) is -0.981. The summed E-state index contributed by atoms with van der Waals surface area (Å²) in [4.78, 5) is 26.7. The van der Waals surface area contributed by atoms with E-state index in [4.69, 9.17) is 9.47 Å². The summed E-state index contributed by atoms with van der Waals surface area (Å²) in [5.41, 5.74) is 1.52. The van der Waals surface area contributed by atoms with Crippen molar-refractivity contribution in [3.63, 3.8) is 0 Å². The highest BCUT2D eigenvalue weighted by Gasteiger charge is 2.32. The summed E-state index contributed by atoms with van der Waals surface area (Å²) in [5, 5.41) is 2.78. The number of nitrogens with one attached hydrogen (secondary N) is 1. The van der Waals surface area contributed by atoms with Gasteiger partial charge in [-0.2, -0.15) is 4.31 Å². The van der Waals surface area contributed by atoms with Gasteiger partial charge >= 0.3 is 5.97 Å². The van der Waals surface area contributed by atoms with Gasteiger partial charge in [0.2, 0.25) is 10.0 Å². The number of morpholine rings is 1. The number of anilines is 1. The molecule has 1 amide bonds. The van der Waals surface area contributed by atoms with Crippen LogP contribution in [0.25, 0.3) is 10.4 Å². The van der Waals surface area contributed by atoms with Crippen LogP contribution in [-0.4, -0.2) is 56.5 Å². The molecular weight excluding hydrogens is 500 g/mol. The van der Waals surface area contributed by atoms with E-state index in [1.165, 1.54) is 39.9 Å². The van der Waals surface area contributed by atoms with Gasteiger partial charge in [0.25, 0.3) is 5.91 Å². The van der Waals surface area contributed by atoms with E-state index >= 15 is 0 Å². The van der Waals surface area contributed by atoms with Crippen LogP contribution >= 0.6 is 11.3 Å². The lowest BCUT2D eigenvalue weighted by Crippen LogP contribution is -2.48. The second-order valence-electron chi connectivity index (χ2n) is 8.50. The van der Waals surface area contributed by atoms with Gasteiger partial charge in [0.05, 0.1) is 29.4 Å². The largest absolute Gasteiger partial charge is 0.462 e. The Balaban J connectivity index is 1.55. The van der Waals surface area contributed by atoms with Crippen molar-refractivity contribution in [2.24, 2.45) is 0 Å². The Bertz CT molecular complexity index is 1330. The Kier molecular flexibility index (Phi) is 7.89. The number of sulfonamides is 1. The third-order valence-electron chi connectivity index (χ3n) is 5.64. The standard InChI is InChI=1S/C26H28N2O6S2/c1-4-33-26(30)24-22(14-23(35-24)19-8-6-5-7-9-19)27-25(29)20-10-12-21(13-11-20)36(31,32)28-15-17(2)34-18(3)16-28/h5-14,17-18H,4,15-16H2,1-3H3,(H,27,29). The molecule has 1 saturated heterocycles. The maximum atomic E-state index is 13.1. The van der Waals surface area contributed by atoms with Crippen LogP contribution in [0.4, 0.5) is 5.69 Å². The van der Waals surface area contributed by atoms with Gasteiger partial charge in [-0.1, -0.05) is 30.3 Å². The minimum Gasteiger partial charge on any atom is -0.462 e. The van der Waals surface area contributed by atoms with E-state index in [2.05, 4.69) is 5.32 Å². The molecule has 190 valence electrons. The third-order valence-corrected chi connectivity index (χ3v) is 8.65. The lowest BCUT2D eigenvalue weighted by atomic mass is 10.2. The average Bonchev–Trinajstić information content (AvgIpc) is 3.28. The fraction of sp³-hybridized carbons (Fsp3) is 0.308. The highest BCUT2D eigenvalue weighted by Crippen LogP contribution is 2.35. The molecule has 3 aromatic rings. The van der Waals surface area contributed by atoms with Crippen LogP contribution in [0, 0.1) is 0 Å². The zero-order valence-electron chi connectivity index (χ0n) is 20.3. The van der Waals surface area contributed by atoms with Gasteiger partial charge in [0, 0.05) is 23.5 Å². The highest BCUT2D eigenvalue weighted by atomic mass is 32.2. The van der Waals surface area contributed by atoms with Crippen molar-refractivity contribution in [3.05, 3.63) is 71.1 Å². The minimum absolute atomic E-state index is 0.106. The number of thiophene rings is 1. The molecule has 0 spiro atoms. The number of esters is 1. The summed E-state index contributed by atoms with van der Waals surface area (Å²) < 4.78 is 38.4. The van der Waals surface area contributed by atoms with E-state index in [0.29, 0.717) is 10.6 Å². The van der Waals surface area contributed by atoms with Gasteiger partial charge in [-0.25, -0.2) is 13.2 Å². The summed E-state index contributed by atoms with van der Waals surface area (Å²) in [6.45, 7) is 6.14. The Morgan fingerprint density at radius 3 is 2.31 bits per heavy atom. The van der Waals surface area contributed by atoms with Crippen LogP contribution < -0.4 is 5.32 Å². The second kappa shape index (κ2) is 10.9. The fourth-order valence-electron chi connectivity index (χ4n) is 4.03. The summed E-state index contributed by atoms with van der Waals surface area (Å²) in [6, 6.07) is 17.0. The van der Waals surface area contributed by atoms with E-state index in [9.17, 15) is 18.0 Å². The van der Waals surface area contributed by atoms with Gasteiger partial charge in [0.15, 0.2) is 0 Å². The predicted molar refractivity (Wildman–Crippen MR) is 139 cm³/mol. The quantitative estimate of drug-likeness (QED) is 0.448. The maximum Gasteiger partial charge on any atom is 0.350 e. The SMILES string of the molecule is CCOC(=O)c1sc(-c2ccccc2)cc1NC(=O)c1ccc(S(=O)(=O)N2CC(C)OC(C)C2)cc1. The fourth-order valence-corrected chi connectivity index (χ4v) is 6.63. The van der Waals surface area contributed by atoms with Crippen LogP contribution in [0.15, 0.2) is 65.6 Å². The topological polar surface area (TPSA) is 102 Å². The lowest BCUT2D eigenvalue weighted by molar-refractivity contribution is -0.0440. The monoisotopic (exact) mass is 528 g/mol. The summed E-state index contributed by atoms with van der Waals surface area (Å²) in [7, 11) is -3.72. The molecule has 0 radical (unpaired) electrons. The van der Waals surface area contributed by atoms with Crippen molar-refractivity contribution >= 4 is 38.9 Å². The van der Waals surface area contributed by atoms with Gasteiger partial charge < -0.3 is 14.8 Å².